The molecule has 0 radical (unpaired) electrons. The van der Waals surface area contributed by atoms with Crippen molar-refractivity contribution in [3.05, 3.63) is 58.1 Å². The zero-order chi connectivity index (χ0) is 15.4. The zero-order valence-electron chi connectivity index (χ0n) is 12.5. The van der Waals surface area contributed by atoms with E-state index in [1.54, 1.807) is 35.0 Å². The highest BCUT2D eigenvalue weighted by molar-refractivity contribution is 6.03. The van der Waals surface area contributed by atoms with Crippen molar-refractivity contribution in [2.75, 3.05) is 5.32 Å². The maximum Gasteiger partial charge on any atom is 0.349 e. The van der Waals surface area contributed by atoms with Crippen molar-refractivity contribution < 1.29 is 4.79 Å². The van der Waals surface area contributed by atoms with E-state index in [-0.39, 0.29) is 17.6 Å². The van der Waals surface area contributed by atoms with Crippen LogP contribution in [0.3, 0.4) is 0 Å². The van der Waals surface area contributed by atoms with Gasteiger partial charge in [-0.25, -0.2) is 4.79 Å². The second-order valence-corrected chi connectivity index (χ2v) is 5.04. The van der Waals surface area contributed by atoms with E-state index in [1.165, 1.54) is 0 Å². The van der Waals surface area contributed by atoms with Gasteiger partial charge in [0.15, 0.2) is 0 Å². The lowest BCUT2D eigenvalue weighted by Crippen LogP contribution is -2.28. The molecule has 1 N–H and O–H groups in total. The Morgan fingerprint density at radius 3 is 2.62 bits per heavy atom. The maximum atomic E-state index is 12.1. The minimum atomic E-state index is -0.349. The molecule has 1 atom stereocenters. The number of rotatable bonds is 4. The van der Waals surface area contributed by atoms with E-state index >= 15 is 0 Å². The number of nitrogens with one attached hydrogen (secondary N) is 1. The fraction of sp³-hybridized carbons (Fsp3) is 0.312. The summed E-state index contributed by atoms with van der Waals surface area (Å²) in [7, 11) is 0. The van der Waals surface area contributed by atoms with Crippen LogP contribution in [0.2, 0.25) is 0 Å². The Balaban J connectivity index is 2.28. The summed E-state index contributed by atoms with van der Waals surface area (Å²) in [6, 6.07) is 8.93. The second kappa shape index (κ2) is 6.35. The molecule has 0 fully saturated rings. The number of hydrogen-bond acceptors (Lipinski definition) is 3. The van der Waals surface area contributed by atoms with Crippen molar-refractivity contribution in [3.8, 4) is 0 Å². The first-order valence-corrected chi connectivity index (χ1v) is 6.99. The van der Waals surface area contributed by atoms with Gasteiger partial charge in [0.1, 0.15) is 5.82 Å². The van der Waals surface area contributed by atoms with E-state index < -0.39 is 0 Å². The summed E-state index contributed by atoms with van der Waals surface area (Å²) in [5, 5.41) is 2.69. The lowest BCUT2D eigenvalue weighted by molar-refractivity contribution is 0.102. The summed E-state index contributed by atoms with van der Waals surface area (Å²) in [6.07, 6.45) is 2.58. The third-order valence-corrected chi connectivity index (χ3v) is 3.47. The Kier molecular flexibility index (Phi) is 4.52. The zero-order valence-corrected chi connectivity index (χ0v) is 12.5. The summed E-state index contributed by atoms with van der Waals surface area (Å²) in [4.78, 5) is 28.1. The lowest BCUT2D eigenvalue weighted by Gasteiger charge is -2.15. The molecular formula is C16H19N3O2. The first-order valence-electron chi connectivity index (χ1n) is 6.99. The molecule has 0 bridgehead atoms. The molecule has 1 unspecified atom stereocenters. The largest absolute Gasteiger partial charge is 0.349 e. The normalized spacial score (nSPS) is 12.0. The van der Waals surface area contributed by atoms with Crippen molar-refractivity contribution in [1.29, 1.82) is 0 Å². The number of nitrogens with zero attached hydrogens (tertiary/aromatic N) is 2. The van der Waals surface area contributed by atoms with Gasteiger partial charge in [0.2, 0.25) is 0 Å². The van der Waals surface area contributed by atoms with Crippen molar-refractivity contribution in [1.82, 2.24) is 9.55 Å². The topological polar surface area (TPSA) is 64.0 Å². The third kappa shape index (κ3) is 3.37. The van der Waals surface area contributed by atoms with Crippen molar-refractivity contribution >= 4 is 11.7 Å². The molecule has 21 heavy (non-hydrogen) atoms. The van der Waals surface area contributed by atoms with Crippen LogP contribution in [0.25, 0.3) is 0 Å². The second-order valence-electron chi connectivity index (χ2n) is 5.04. The van der Waals surface area contributed by atoms with Crippen LogP contribution in [0, 0.1) is 6.92 Å². The van der Waals surface area contributed by atoms with Crippen LogP contribution in [0.4, 0.5) is 5.82 Å². The smallest absolute Gasteiger partial charge is 0.306 e. The van der Waals surface area contributed by atoms with E-state index in [1.807, 2.05) is 26.8 Å². The van der Waals surface area contributed by atoms with E-state index in [9.17, 15) is 9.59 Å². The molecule has 1 aromatic carbocycles. The number of aromatic nitrogens is 2. The summed E-state index contributed by atoms with van der Waals surface area (Å²) in [5.74, 6) is 0.0419. The molecule has 1 amide bonds. The van der Waals surface area contributed by atoms with Gasteiger partial charge in [-0.3, -0.25) is 9.36 Å². The molecule has 0 aliphatic heterocycles. The molecule has 0 aliphatic rings. The molecule has 0 aliphatic carbocycles. The highest BCUT2D eigenvalue weighted by atomic mass is 16.2. The standard InChI is InChI=1S/C16H19N3O2/c1-4-12(3)19-10-11(2)14(18-16(19)21)17-15(20)13-8-6-5-7-9-13/h5-10,12H,4H2,1-3H3,(H,17,18,20,21). The number of benzene rings is 1. The minimum Gasteiger partial charge on any atom is -0.306 e. The van der Waals surface area contributed by atoms with Gasteiger partial charge >= 0.3 is 5.69 Å². The number of carbonyl (C=O) groups is 1. The lowest BCUT2D eigenvalue weighted by atomic mass is 10.2. The molecule has 5 heteroatoms. The number of carbonyl (C=O) groups excluding carboxylic acids is 1. The fourth-order valence-corrected chi connectivity index (χ4v) is 1.97. The minimum absolute atomic E-state index is 0.0857. The monoisotopic (exact) mass is 285 g/mol. The van der Waals surface area contributed by atoms with Gasteiger partial charge < -0.3 is 5.32 Å². The molecule has 2 aromatic rings. The van der Waals surface area contributed by atoms with Crippen molar-refractivity contribution in [2.24, 2.45) is 0 Å². The highest BCUT2D eigenvalue weighted by Gasteiger charge is 2.12. The summed E-state index contributed by atoms with van der Waals surface area (Å²) in [6.45, 7) is 5.80. The van der Waals surface area contributed by atoms with Crippen LogP contribution in [0.15, 0.2) is 41.3 Å². The van der Waals surface area contributed by atoms with Gasteiger partial charge in [-0.15, -0.1) is 0 Å². The molecule has 2 rings (SSSR count). The summed E-state index contributed by atoms with van der Waals surface area (Å²) in [5.41, 5.74) is 0.947. The third-order valence-electron chi connectivity index (χ3n) is 3.47. The van der Waals surface area contributed by atoms with E-state index in [0.29, 0.717) is 11.4 Å². The number of aryl methyl sites for hydroxylation is 1. The van der Waals surface area contributed by atoms with Crippen LogP contribution in [0.5, 0.6) is 0 Å². The van der Waals surface area contributed by atoms with Crippen LogP contribution in [0.1, 0.15) is 42.2 Å². The van der Waals surface area contributed by atoms with E-state index in [0.717, 1.165) is 12.0 Å². The number of hydrogen-bond donors (Lipinski definition) is 1. The number of amides is 1. The van der Waals surface area contributed by atoms with E-state index in [2.05, 4.69) is 10.3 Å². The quantitative estimate of drug-likeness (QED) is 0.939. The Hall–Kier alpha value is -2.43. The maximum absolute atomic E-state index is 12.1. The fourth-order valence-electron chi connectivity index (χ4n) is 1.97. The SMILES string of the molecule is CCC(C)n1cc(C)c(NC(=O)c2ccccc2)nc1=O. The van der Waals surface area contributed by atoms with Gasteiger partial charge in [-0.1, -0.05) is 25.1 Å². The summed E-state index contributed by atoms with van der Waals surface area (Å²) >= 11 is 0. The Bertz CT molecular complexity index is 692. The van der Waals surface area contributed by atoms with Crippen LogP contribution in [-0.2, 0) is 0 Å². The van der Waals surface area contributed by atoms with Gasteiger partial charge in [-0.05, 0) is 32.4 Å². The average molecular weight is 285 g/mol. The van der Waals surface area contributed by atoms with Crippen LogP contribution < -0.4 is 11.0 Å². The highest BCUT2D eigenvalue weighted by Crippen LogP contribution is 2.13. The van der Waals surface area contributed by atoms with Gasteiger partial charge in [0.25, 0.3) is 5.91 Å². The van der Waals surface area contributed by atoms with Crippen molar-refractivity contribution in [2.45, 2.75) is 33.2 Å². The Labute approximate surface area is 123 Å². The molecule has 0 spiro atoms. The first-order chi connectivity index (χ1) is 10.0. The molecule has 1 aromatic heterocycles. The van der Waals surface area contributed by atoms with Gasteiger partial charge in [-0.2, -0.15) is 4.98 Å². The number of anilines is 1. The molecule has 0 saturated carbocycles. The Morgan fingerprint density at radius 1 is 1.33 bits per heavy atom. The van der Waals surface area contributed by atoms with Crippen LogP contribution in [-0.4, -0.2) is 15.5 Å². The predicted octanol–water partition coefficient (Wildman–Crippen LogP) is 2.78. The molecule has 110 valence electrons. The average Bonchev–Trinajstić information content (AvgIpc) is 2.50. The predicted molar refractivity (Wildman–Crippen MR) is 82.6 cm³/mol. The molecular weight excluding hydrogens is 266 g/mol. The van der Waals surface area contributed by atoms with Gasteiger partial charge in [0, 0.05) is 23.4 Å². The van der Waals surface area contributed by atoms with Crippen LogP contribution >= 0.6 is 0 Å². The molecule has 0 saturated heterocycles. The van der Waals surface area contributed by atoms with Gasteiger partial charge in [0.05, 0.1) is 0 Å². The van der Waals surface area contributed by atoms with E-state index in [4.69, 9.17) is 0 Å². The first kappa shape index (κ1) is 15.0. The van der Waals surface area contributed by atoms with Crippen molar-refractivity contribution in [3.63, 3.8) is 0 Å². The molecule has 5 nitrogen and oxygen atoms in total. The molecule has 1 heterocycles. The summed E-state index contributed by atoms with van der Waals surface area (Å²) < 4.78 is 1.59. The Morgan fingerprint density at radius 2 is 2.00 bits per heavy atom.